The van der Waals surface area contributed by atoms with Crippen LogP contribution >= 0.6 is 15.9 Å². The van der Waals surface area contributed by atoms with Crippen LogP contribution in [0.15, 0.2) is 76.1 Å². The summed E-state index contributed by atoms with van der Waals surface area (Å²) in [4.78, 5) is 13.3. The summed E-state index contributed by atoms with van der Waals surface area (Å²) in [6, 6.07) is 18.6. The van der Waals surface area contributed by atoms with E-state index >= 15 is 0 Å². The number of carbonyl (C=O) groups is 1. The first-order valence-electron chi connectivity index (χ1n) is 11.0. The number of amides is 1. The normalized spacial score (nSPS) is 11.2. The lowest BCUT2D eigenvalue weighted by Crippen LogP contribution is -2.37. The molecule has 6 nitrogen and oxygen atoms in total. The summed E-state index contributed by atoms with van der Waals surface area (Å²) >= 11 is 3.47. The Morgan fingerprint density at radius 3 is 2.18 bits per heavy atom. The number of carbonyl (C=O) groups excluding carboxylic acids is 1. The molecule has 0 aliphatic rings. The number of ether oxygens (including phenoxy) is 2. The van der Waals surface area contributed by atoms with E-state index in [1.54, 1.807) is 36.4 Å². The van der Waals surface area contributed by atoms with Crippen LogP contribution in [0.3, 0.4) is 0 Å². The minimum atomic E-state index is -4.10. The first kappa shape index (κ1) is 25.8. The van der Waals surface area contributed by atoms with Gasteiger partial charge in [-0.2, -0.15) is 0 Å². The van der Waals surface area contributed by atoms with Crippen LogP contribution in [-0.4, -0.2) is 27.5 Å². The number of rotatable bonds is 10. The minimum absolute atomic E-state index is 0.00177. The number of halogens is 1. The van der Waals surface area contributed by atoms with E-state index in [1.165, 1.54) is 12.1 Å². The Morgan fingerprint density at radius 1 is 0.912 bits per heavy atom. The number of nitrogens with zero attached hydrogens (tertiary/aromatic N) is 1. The molecule has 0 N–H and O–H groups in total. The maximum absolute atomic E-state index is 13.5. The molecule has 0 fully saturated rings. The zero-order chi connectivity index (χ0) is 24.7. The Labute approximate surface area is 209 Å². The van der Waals surface area contributed by atoms with Gasteiger partial charge < -0.3 is 9.47 Å². The van der Waals surface area contributed by atoms with E-state index < -0.39 is 15.9 Å². The predicted molar refractivity (Wildman–Crippen MR) is 137 cm³/mol. The van der Waals surface area contributed by atoms with Crippen LogP contribution in [0.5, 0.6) is 11.5 Å². The second-order valence-electron chi connectivity index (χ2n) is 7.79. The molecule has 1 amide bonds. The third-order valence-electron chi connectivity index (χ3n) is 5.05. The lowest BCUT2D eigenvalue weighted by Gasteiger charge is -2.23. The maximum Gasteiger partial charge on any atom is 0.270 e. The van der Waals surface area contributed by atoms with Gasteiger partial charge in [-0.15, -0.1) is 0 Å². The number of anilines is 1. The second kappa shape index (κ2) is 11.5. The number of sulfonamides is 1. The maximum atomic E-state index is 13.5. The smallest absolute Gasteiger partial charge is 0.270 e. The highest BCUT2D eigenvalue weighted by molar-refractivity contribution is 9.10. The van der Waals surface area contributed by atoms with Crippen LogP contribution < -0.4 is 13.8 Å². The summed E-state index contributed by atoms with van der Waals surface area (Å²) in [5.74, 6) is 0.744. The fourth-order valence-corrected chi connectivity index (χ4v) is 5.36. The van der Waals surface area contributed by atoms with Crippen LogP contribution in [0.1, 0.15) is 30.9 Å². The first-order chi connectivity index (χ1) is 16.2. The van der Waals surface area contributed by atoms with Crippen molar-refractivity contribution in [3.05, 3.63) is 82.3 Å². The Hall–Kier alpha value is -2.84. The van der Waals surface area contributed by atoms with Crippen molar-refractivity contribution in [1.82, 2.24) is 0 Å². The predicted octanol–water partition coefficient (Wildman–Crippen LogP) is 6.05. The molecule has 0 unspecified atom stereocenters. The van der Waals surface area contributed by atoms with E-state index in [0.717, 1.165) is 19.9 Å². The molecule has 0 aromatic heterocycles. The molecule has 180 valence electrons. The lowest BCUT2D eigenvalue weighted by atomic mass is 10.2. The number of benzene rings is 3. The van der Waals surface area contributed by atoms with Crippen molar-refractivity contribution in [3.63, 3.8) is 0 Å². The summed E-state index contributed by atoms with van der Waals surface area (Å²) in [5.41, 5.74) is 2.29. The fourth-order valence-electron chi connectivity index (χ4n) is 3.31. The highest BCUT2D eigenvalue weighted by Gasteiger charge is 2.30. The molecule has 0 radical (unpaired) electrons. The molecule has 0 spiro atoms. The number of hydrogen-bond donors (Lipinski definition) is 0. The fraction of sp³-hybridized carbons (Fsp3) is 0.269. The van der Waals surface area contributed by atoms with Gasteiger partial charge in [-0.05, 0) is 97.2 Å². The topological polar surface area (TPSA) is 72.9 Å². The van der Waals surface area contributed by atoms with Gasteiger partial charge in [0.25, 0.3) is 10.0 Å². The van der Waals surface area contributed by atoms with Gasteiger partial charge in [0, 0.05) is 6.42 Å². The molecule has 0 atom stereocenters. The largest absolute Gasteiger partial charge is 0.494 e. The average Bonchev–Trinajstić information content (AvgIpc) is 2.79. The van der Waals surface area contributed by atoms with E-state index in [4.69, 9.17) is 9.47 Å². The van der Waals surface area contributed by atoms with Gasteiger partial charge in [-0.3, -0.25) is 4.79 Å². The molecule has 3 aromatic carbocycles. The molecule has 0 heterocycles. The van der Waals surface area contributed by atoms with Crippen LogP contribution in [0.4, 0.5) is 5.69 Å². The summed E-state index contributed by atoms with van der Waals surface area (Å²) < 4.78 is 39.8. The third kappa shape index (κ3) is 6.39. The third-order valence-corrected chi connectivity index (χ3v) is 7.43. The van der Waals surface area contributed by atoms with Crippen LogP contribution in [0.25, 0.3) is 0 Å². The van der Waals surface area contributed by atoms with Crippen LogP contribution in [-0.2, 0) is 14.8 Å². The number of aryl methyl sites for hydroxylation is 2. The second-order valence-corrected chi connectivity index (χ2v) is 10.4. The molecule has 8 heteroatoms. The molecule has 0 aliphatic heterocycles. The van der Waals surface area contributed by atoms with Crippen molar-refractivity contribution >= 4 is 37.5 Å². The monoisotopic (exact) mass is 545 g/mol. The zero-order valence-electron chi connectivity index (χ0n) is 19.5. The lowest BCUT2D eigenvalue weighted by molar-refractivity contribution is -0.117. The molecular formula is C26H28BrNO5S. The van der Waals surface area contributed by atoms with E-state index in [2.05, 4.69) is 15.9 Å². The molecule has 34 heavy (non-hydrogen) atoms. The highest BCUT2D eigenvalue weighted by Crippen LogP contribution is 2.28. The number of hydrogen-bond acceptors (Lipinski definition) is 5. The van der Waals surface area contributed by atoms with Gasteiger partial charge in [0.1, 0.15) is 11.5 Å². The minimum Gasteiger partial charge on any atom is -0.494 e. The van der Waals surface area contributed by atoms with Crippen molar-refractivity contribution in [3.8, 4) is 11.5 Å². The molecule has 0 saturated heterocycles. The zero-order valence-corrected chi connectivity index (χ0v) is 21.9. The summed E-state index contributed by atoms with van der Waals surface area (Å²) in [6.07, 6.45) is 0.359. The van der Waals surface area contributed by atoms with E-state index in [-0.39, 0.29) is 23.6 Å². The molecule has 0 aliphatic carbocycles. The van der Waals surface area contributed by atoms with E-state index in [1.807, 2.05) is 39.0 Å². The molecule has 0 saturated carbocycles. The summed E-state index contributed by atoms with van der Waals surface area (Å²) in [5, 5.41) is 0. The van der Waals surface area contributed by atoms with E-state index in [0.29, 0.717) is 24.5 Å². The van der Waals surface area contributed by atoms with Gasteiger partial charge in [-0.1, -0.05) is 23.8 Å². The van der Waals surface area contributed by atoms with Gasteiger partial charge in [-0.25, -0.2) is 12.7 Å². The highest BCUT2D eigenvalue weighted by atomic mass is 79.9. The summed E-state index contributed by atoms with van der Waals surface area (Å²) in [6.45, 7) is 6.48. The average molecular weight is 546 g/mol. The Bertz CT molecular complexity index is 1230. The Kier molecular flexibility index (Phi) is 8.74. The first-order valence-corrected chi connectivity index (χ1v) is 13.2. The quantitative estimate of drug-likeness (QED) is 0.290. The van der Waals surface area contributed by atoms with Gasteiger partial charge >= 0.3 is 0 Å². The Morgan fingerprint density at radius 2 is 1.56 bits per heavy atom. The summed E-state index contributed by atoms with van der Waals surface area (Å²) in [7, 11) is -4.10. The van der Waals surface area contributed by atoms with Gasteiger partial charge in [0.15, 0.2) is 0 Å². The van der Waals surface area contributed by atoms with Crippen molar-refractivity contribution in [2.24, 2.45) is 0 Å². The molecule has 3 rings (SSSR count). The van der Waals surface area contributed by atoms with Crippen LogP contribution in [0, 0.1) is 13.8 Å². The van der Waals surface area contributed by atoms with E-state index in [9.17, 15) is 13.2 Å². The standard InChI is InChI=1S/C26H28BrNO5S/c1-4-32-22-12-10-21(11-13-22)28(34(30,31)23-14-7-19(2)8-15-23)26(29)6-5-17-33-25-16-9-20(3)18-24(25)27/h7-16,18H,4-6,17H2,1-3H3. The SMILES string of the molecule is CCOc1ccc(N(C(=O)CCCOc2ccc(C)cc2Br)S(=O)(=O)c2ccc(C)cc2)cc1. The van der Waals surface area contributed by atoms with Crippen molar-refractivity contribution in [2.45, 2.75) is 38.5 Å². The van der Waals surface area contributed by atoms with Gasteiger partial charge in [0.2, 0.25) is 5.91 Å². The molecule has 3 aromatic rings. The Balaban J connectivity index is 1.79. The van der Waals surface area contributed by atoms with Crippen LogP contribution in [0.2, 0.25) is 0 Å². The van der Waals surface area contributed by atoms with Crippen molar-refractivity contribution in [2.75, 3.05) is 17.5 Å². The van der Waals surface area contributed by atoms with Crippen molar-refractivity contribution < 1.29 is 22.7 Å². The molecule has 0 bridgehead atoms. The molecular weight excluding hydrogens is 518 g/mol. The van der Waals surface area contributed by atoms with Crippen molar-refractivity contribution in [1.29, 1.82) is 0 Å². The van der Waals surface area contributed by atoms with Gasteiger partial charge in [0.05, 0.1) is 28.3 Å².